The molecule has 0 radical (unpaired) electrons. The van der Waals surface area contributed by atoms with Gasteiger partial charge in [-0.1, -0.05) is 29.5 Å². The smallest absolute Gasteiger partial charge is 0.250 e. The van der Waals surface area contributed by atoms with Crippen molar-refractivity contribution in [1.29, 1.82) is 0 Å². The van der Waals surface area contributed by atoms with Crippen LogP contribution < -0.4 is 9.64 Å². The highest BCUT2D eigenvalue weighted by molar-refractivity contribution is 6.03. The van der Waals surface area contributed by atoms with Crippen molar-refractivity contribution in [3.63, 3.8) is 0 Å². The van der Waals surface area contributed by atoms with Crippen molar-refractivity contribution in [3.8, 4) is 5.75 Å². The number of benzene rings is 2. The minimum Gasteiger partial charge on any atom is -0.494 e. The molecule has 3 aromatic rings. The lowest BCUT2D eigenvalue weighted by atomic mass is 9.70. The summed E-state index contributed by atoms with van der Waals surface area (Å²) in [6, 6.07) is 13.6. The van der Waals surface area contributed by atoms with E-state index in [2.05, 4.69) is 23.5 Å². The predicted molar refractivity (Wildman–Crippen MR) is 166 cm³/mol. The Kier molecular flexibility index (Phi) is 8.43. The van der Waals surface area contributed by atoms with Crippen molar-refractivity contribution < 1.29 is 29.0 Å². The molecule has 0 aliphatic carbocycles. The molecule has 2 aromatic carbocycles. The Morgan fingerprint density at radius 1 is 1.13 bits per heavy atom. The number of anilines is 1. The molecule has 1 N–H and O–H groups in total. The van der Waals surface area contributed by atoms with E-state index in [1.165, 1.54) is 4.90 Å². The number of para-hydroxylation sites is 1. The van der Waals surface area contributed by atoms with Crippen LogP contribution in [0.1, 0.15) is 19.8 Å². The molecular weight excluding hydrogens is 576 g/mol. The van der Waals surface area contributed by atoms with Crippen LogP contribution in [0, 0.1) is 11.8 Å². The summed E-state index contributed by atoms with van der Waals surface area (Å²) in [5.74, 6) is -1.98. The Balaban J connectivity index is 1.33. The van der Waals surface area contributed by atoms with Crippen LogP contribution in [0.15, 0.2) is 73.8 Å². The summed E-state index contributed by atoms with van der Waals surface area (Å²) in [5, 5.41) is 18.4. The van der Waals surface area contributed by atoms with E-state index in [0.717, 1.165) is 5.52 Å². The van der Waals surface area contributed by atoms with Crippen LogP contribution in [0.4, 0.5) is 5.69 Å². The van der Waals surface area contributed by atoms with E-state index < -0.39 is 29.6 Å². The first kappa shape index (κ1) is 30.5. The largest absolute Gasteiger partial charge is 0.494 e. The van der Waals surface area contributed by atoms with Crippen LogP contribution in [0.25, 0.3) is 11.0 Å². The van der Waals surface area contributed by atoms with Crippen LogP contribution in [-0.4, -0.2) is 98.2 Å². The van der Waals surface area contributed by atoms with Crippen molar-refractivity contribution in [2.45, 2.75) is 44.2 Å². The molecule has 2 bridgehead atoms. The van der Waals surface area contributed by atoms with Crippen LogP contribution in [-0.2, 0) is 25.8 Å². The number of likely N-dealkylation sites (tertiary alicyclic amines) is 1. The number of hydrogen-bond acceptors (Lipinski definition) is 8. The number of rotatable bonds is 13. The number of aliphatic hydroxyl groups excluding tert-OH is 1. The molecule has 12 heteroatoms. The maximum absolute atomic E-state index is 14.5. The molecule has 3 fully saturated rings. The van der Waals surface area contributed by atoms with Crippen LogP contribution in [0.2, 0.25) is 0 Å². The second-order valence-corrected chi connectivity index (χ2v) is 11.5. The number of hydrogen-bond donors (Lipinski definition) is 1. The van der Waals surface area contributed by atoms with Gasteiger partial charge in [0.25, 0.3) is 0 Å². The zero-order valence-electron chi connectivity index (χ0n) is 25.3. The zero-order chi connectivity index (χ0) is 31.7. The fourth-order valence-corrected chi connectivity index (χ4v) is 7.31. The van der Waals surface area contributed by atoms with E-state index in [1.54, 1.807) is 50.9 Å². The number of β-amino-alcohol motifs (C(OH)–C–C–N with tert-alkyl or cyclic N) is 1. The Labute approximate surface area is 261 Å². The van der Waals surface area contributed by atoms with Gasteiger partial charge in [0.1, 0.15) is 29.6 Å². The quantitative estimate of drug-likeness (QED) is 0.291. The van der Waals surface area contributed by atoms with Gasteiger partial charge in [-0.25, -0.2) is 4.68 Å². The van der Waals surface area contributed by atoms with Crippen LogP contribution in [0.3, 0.4) is 0 Å². The van der Waals surface area contributed by atoms with E-state index in [0.29, 0.717) is 36.4 Å². The number of nitrogens with zero attached hydrogens (tertiary/aromatic N) is 6. The van der Waals surface area contributed by atoms with Crippen molar-refractivity contribution >= 4 is 34.4 Å². The minimum atomic E-state index is -1.21. The molecule has 5 atom stereocenters. The summed E-state index contributed by atoms with van der Waals surface area (Å²) in [4.78, 5) is 47.6. The number of carbonyl (C=O) groups excluding carboxylic acids is 3. The fourth-order valence-electron chi connectivity index (χ4n) is 7.31. The molecule has 1 spiro atoms. The van der Waals surface area contributed by atoms with Gasteiger partial charge in [-0.05, 0) is 56.2 Å². The Morgan fingerprint density at radius 3 is 2.60 bits per heavy atom. The van der Waals surface area contributed by atoms with E-state index in [-0.39, 0.29) is 50.6 Å². The van der Waals surface area contributed by atoms with Gasteiger partial charge in [0.05, 0.1) is 36.7 Å². The van der Waals surface area contributed by atoms with E-state index in [4.69, 9.17) is 9.47 Å². The molecular formula is C33H38N6O6. The molecule has 2 unspecified atom stereocenters. The molecule has 236 valence electrons. The molecule has 1 aromatic heterocycles. The number of fused-ring (bicyclic) bond motifs is 2. The lowest BCUT2D eigenvalue weighted by molar-refractivity contribution is -0.149. The molecule has 3 aliphatic heterocycles. The lowest BCUT2D eigenvalue weighted by Crippen LogP contribution is -2.57. The third kappa shape index (κ3) is 5.07. The highest BCUT2D eigenvalue weighted by Crippen LogP contribution is 2.59. The monoisotopic (exact) mass is 614 g/mol. The number of amides is 3. The first-order chi connectivity index (χ1) is 21.9. The predicted octanol–water partition coefficient (Wildman–Crippen LogP) is 2.39. The maximum Gasteiger partial charge on any atom is 0.250 e. The fraction of sp³-hybridized carbons (Fsp3) is 0.424. The molecule has 3 aliphatic rings. The third-order valence-electron chi connectivity index (χ3n) is 9.08. The average molecular weight is 615 g/mol. The van der Waals surface area contributed by atoms with Gasteiger partial charge < -0.3 is 29.3 Å². The number of aromatic nitrogens is 3. The summed E-state index contributed by atoms with van der Waals surface area (Å²) < 4.78 is 13.8. The topological polar surface area (TPSA) is 130 Å². The van der Waals surface area contributed by atoms with E-state index in [1.807, 2.05) is 31.2 Å². The second kappa shape index (κ2) is 12.4. The summed E-state index contributed by atoms with van der Waals surface area (Å²) in [5.41, 5.74) is 0.876. The molecule has 6 rings (SSSR count). The normalized spacial score (nSPS) is 24.9. The number of carbonyl (C=O) groups is 3. The standard InChI is InChI=1S/C33H38N6O6/c1-4-17-36(21-39-25-10-8-7-9-24(25)34-35-39)32(43)29-33-16-15-26(45-33)27(28(33)31(42)38(29)19-20-40)30(41)37(18-5-2)22-11-13-23(14-12-22)44-6-3/h4-5,7-14,26-29,40H,1-2,6,15-21H2,3H3/t26-,27+,28-,29?,33?/m0/s1. The minimum absolute atomic E-state index is 0.0636. The Morgan fingerprint density at radius 2 is 1.89 bits per heavy atom. The second-order valence-electron chi connectivity index (χ2n) is 11.5. The SMILES string of the molecule is C=CCN(Cn1nnc2ccccc21)C(=O)C1N(CCO)C(=O)[C@@H]2[C@H](C(=O)N(CC=C)c3ccc(OCC)cc3)[C@@H]3CCC12O3. The lowest BCUT2D eigenvalue weighted by Gasteiger charge is -2.36. The highest BCUT2D eigenvalue weighted by atomic mass is 16.5. The molecule has 3 saturated heterocycles. The Bertz CT molecular complexity index is 1610. The van der Waals surface area contributed by atoms with Gasteiger partial charge in [-0.2, -0.15) is 0 Å². The van der Waals surface area contributed by atoms with Crippen LogP contribution in [0.5, 0.6) is 5.75 Å². The van der Waals surface area contributed by atoms with Crippen molar-refractivity contribution in [2.75, 3.05) is 37.7 Å². The summed E-state index contributed by atoms with van der Waals surface area (Å²) in [7, 11) is 0. The molecule has 0 saturated carbocycles. The van der Waals surface area contributed by atoms with E-state index in [9.17, 15) is 19.5 Å². The van der Waals surface area contributed by atoms with E-state index >= 15 is 0 Å². The number of aliphatic hydroxyl groups is 1. The summed E-state index contributed by atoms with van der Waals surface area (Å²) in [6.07, 6.45) is 3.69. The highest BCUT2D eigenvalue weighted by Gasteiger charge is 2.74. The number of ether oxygens (including phenoxy) is 2. The summed E-state index contributed by atoms with van der Waals surface area (Å²) >= 11 is 0. The van der Waals surface area contributed by atoms with Gasteiger partial charge in [0.15, 0.2) is 0 Å². The van der Waals surface area contributed by atoms with Gasteiger partial charge >= 0.3 is 0 Å². The Hall–Kier alpha value is -4.55. The van der Waals surface area contributed by atoms with Crippen molar-refractivity contribution in [2.24, 2.45) is 11.8 Å². The van der Waals surface area contributed by atoms with Crippen LogP contribution >= 0.6 is 0 Å². The molecule has 12 nitrogen and oxygen atoms in total. The molecule has 4 heterocycles. The van der Waals surface area contributed by atoms with Gasteiger partial charge in [0.2, 0.25) is 17.7 Å². The van der Waals surface area contributed by atoms with Gasteiger partial charge in [-0.3, -0.25) is 14.4 Å². The van der Waals surface area contributed by atoms with Crippen molar-refractivity contribution in [1.82, 2.24) is 24.8 Å². The molecule has 3 amide bonds. The van der Waals surface area contributed by atoms with Gasteiger partial charge in [-0.15, -0.1) is 18.3 Å². The zero-order valence-corrected chi connectivity index (χ0v) is 25.3. The first-order valence-corrected chi connectivity index (χ1v) is 15.3. The summed E-state index contributed by atoms with van der Waals surface area (Å²) in [6.45, 7) is 10.2. The maximum atomic E-state index is 14.5. The van der Waals surface area contributed by atoms with Gasteiger partial charge in [0, 0.05) is 25.3 Å². The third-order valence-corrected chi connectivity index (χ3v) is 9.08. The first-order valence-electron chi connectivity index (χ1n) is 15.3. The van der Waals surface area contributed by atoms with Crippen molar-refractivity contribution in [3.05, 3.63) is 73.8 Å². The molecule has 45 heavy (non-hydrogen) atoms. The average Bonchev–Trinajstić information content (AvgIpc) is 3.80.